The molecule has 7 nitrogen and oxygen atoms in total. The first-order valence-corrected chi connectivity index (χ1v) is 15.4. The fourth-order valence-electron chi connectivity index (χ4n) is 8.24. The lowest BCUT2D eigenvalue weighted by atomic mass is 9.55. The summed E-state index contributed by atoms with van der Waals surface area (Å²) >= 11 is 12.5. The molecular formula is C34H31Cl2N3O4. The van der Waals surface area contributed by atoms with E-state index in [4.69, 9.17) is 27.9 Å². The van der Waals surface area contributed by atoms with E-state index in [9.17, 15) is 9.59 Å². The molecule has 4 aliphatic rings. The highest BCUT2D eigenvalue weighted by molar-refractivity contribution is 6.30. The van der Waals surface area contributed by atoms with Gasteiger partial charge in [0.15, 0.2) is 5.78 Å². The molecule has 3 fully saturated rings. The van der Waals surface area contributed by atoms with Crippen LogP contribution in [0.1, 0.15) is 42.4 Å². The topological polar surface area (TPSA) is 79.0 Å². The molecule has 2 spiro atoms. The van der Waals surface area contributed by atoms with Crippen molar-refractivity contribution in [2.24, 2.45) is 5.41 Å². The van der Waals surface area contributed by atoms with Crippen LogP contribution in [0.2, 0.25) is 10.0 Å². The quantitative estimate of drug-likeness (QED) is 0.340. The van der Waals surface area contributed by atoms with Gasteiger partial charge in [-0.2, -0.15) is 0 Å². The van der Waals surface area contributed by atoms with Crippen LogP contribution in [0.15, 0.2) is 78.4 Å². The van der Waals surface area contributed by atoms with Crippen molar-refractivity contribution in [1.82, 2.24) is 9.80 Å². The van der Waals surface area contributed by atoms with E-state index in [0.29, 0.717) is 27.9 Å². The van der Waals surface area contributed by atoms with Gasteiger partial charge < -0.3 is 15.0 Å². The number of piperidine rings is 1. The molecule has 220 valence electrons. The minimum atomic E-state index is -1.36. The average molecular weight is 617 g/mol. The number of ether oxygens (including phenoxy) is 1. The number of fused-ring (bicyclic) bond motifs is 5. The largest absolute Gasteiger partial charge is 0.450 e. The van der Waals surface area contributed by atoms with Crippen molar-refractivity contribution in [1.29, 1.82) is 0 Å². The van der Waals surface area contributed by atoms with Crippen molar-refractivity contribution in [2.75, 3.05) is 31.6 Å². The van der Waals surface area contributed by atoms with Crippen LogP contribution in [0.25, 0.3) is 6.08 Å². The number of Topliss-reactive ketones (excluding diaryl/α,β-unsaturated/α-hetero) is 1. The number of hydrogen-bond donors (Lipinski definition) is 1. The number of amides is 2. The summed E-state index contributed by atoms with van der Waals surface area (Å²) in [5.41, 5.74) is 0.910. The molecule has 0 saturated carbocycles. The summed E-state index contributed by atoms with van der Waals surface area (Å²) in [4.78, 5) is 47.5. The predicted octanol–water partition coefficient (Wildman–Crippen LogP) is 6.51. The minimum Gasteiger partial charge on any atom is -0.450 e. The number of para-hydroxylation sites is 1. The molecule has 0 aliphatic carbocycles. The van der Waals surface area contributed by atoms with Crippen LogP contribution in [-0.2, 0) is 19.9 Å². The van der Waals surface area contributed by atoms with Crippen LogP contribution in [0, 0.1) is 5.41 Å². The van der Waals surface area contributed by atoms with Crippen molar-refractivity contribution < 1.29 is 19.1 Å². The molecule has 9 heteroatoms. The van der Waals surface area contributed by atoms with E-state index < -0.39 is 23.0 Å². The Bertz CT molecular complexity index is 1660. The van der Waals surface area contributed by atoms with Crippen molar-refractivity contribution in [3.63, 3.8) is 0 Å². The molecule has 1 N–H and O–H groups in total. The van der Waals surface area contributed by atoms with Crippen LogP contribution < -0.4 is 5.32 Å². The molecule has 0 aromatic heterocycles. The number of anilines is 1. The Labute approximate surface area is 260 Å². The highest BCUT2D eigenvalue weighted by atomic mass is 35.5. The maximum Gasteiger partial charge on any atom is 0.410 e. The van der Waals surface area contributed by atoms with Gasteiger partial charge in [-0.05, 0) is 73.8 Å². The molecule has 4 heterocycles. The third kappa shape index (κ3) is 4.01. The molecule has 3 saturated heterocycles. The Balaban J connectivity index is 1.54. The van der Waals surface area contributed by atoms with Gasteiger partial charge >= 0.3 is 6.09 Å². The van der Waals surface area contributed by atoms with Crippen molar-refractivity contribution in [2.45, 2.75) is 37.3 Å². The Kier molecular flexibility index (Phi) is 6.88. The fraction of sp³-hybridized carbons (Fsp3) is 0.324. The molecule has 4 aliphatic heterocycles. The first-order chi connectivity index (χ1) is 20.8. The molecule has 3 aromatic rings. The van der Waals surface area contributed by atoms with Gasteiger partial charge in [0.25, 0.3) is 5.91 Å². The SMILES string of the molecule is CCOC(=O)N1C/C(=C\c2ccc(Cl)cc2)C(=O)[C@@]2(C1)[C@H](c1ccc(Cl)cc1)[C@H]1CCCN1[C@]21C(=O)Nc2ccccc21. The van der Waals surface area contributed by atoms with Crippen molar-refractivity contribution in [3.8, 4) is 0 Å². The fourth-order valence-corrected chi connectivity index (χ4v) is 8.49. The summed E-state index contributed by atoms with van der Waals surface area (Å²) in [7, 11) is 0. The van der Waals surface area contributed by atoms with E-state index in [0.717, 1.165) is 29.5 Å². The van der Waals surface area contributed by atoms with Crippen LogP contribution in [0.4, 0.5) is 10.5 Å². The zero-order valence-corrected chi connectivity index (χ0v) is 25.2. The summed E-state index contributed by atoms with van der Waals surface area (Å²) < 4.78 is 5.53. The summed E-state index contributed by atoms with van der Waals surface area (Å²) in [6.07, 6.45) is 3.02. The van der Waals surface area contributed by atoms with Gasteiger partial charge in [-0.15, -0.1) is 0 Å². The van der Waals surface area contributed by atoms with E-state index in [2.05, 4.69) is 10.2 Å². The highest BCUT2D eigenvalue weighted by Gasteiger charge is 2.78. The number of likely N-dealkylation sites (tertiary alicyclic amines) is 1. The van der Waals surface area contributed by atoms with E-state index in [1.165, 1.54) is 0 Å². The van der Waals surface area contributed by atoms with E-state index in [1.807, 2.05) is 66.7 Å². The summed E-state index contributed by atoms with van der Waals surface area (Å²) in [5, 5.41) is 4.30. The number of carbonyl (C=O) groups excluding carboxylic acids is 3. The van der Waals surface area contributed by atoms with Gasteiger partial charge in [-0.3, -0.25) is 14.5 Å². The van der Waals surface area contributed by atoms with Crippen molar-refractivity contribution >= 4 is 52.7 Å². The highest BCUT2D eigenvalue weighted by Crippen LogP contribution is 2.68. The second-order valence-electron chi connectivity index (χ2n) is 11.7. The number of carbonyl (C=O) groups is 3. The zero-order valence-electron chi connectivity index (χ0n) is 23.7. The number of nitrogens with one attached hydrogen (secondary N) is 1. The third-order valence-electron chi connectivity index (χ3n) is 9.65. The van der Waals surface area contributed by atoms with E-state index in [-0.39, 0.29) is 37.4 Å². The number of rotatable bonds is 3. The summed E-state index contributed by atoms with van der Waals surface area (Å²) in [6, 6.07) is 22.3. The number of hydrogen-bond acceptors (Lipinski definition) is 5. The van der Waals surface area contributed by atoms with Gasteiger partial charge in [-0.25, -0.2) is 4.79 Å². The third-order valence-corrected chi connectivity index (χ3v) is 10.2. The van der Waals surface area contributed by atoms with Gasteiger partial charge in [0.05, 0.1) is 18.6 Å². The first kappa shape index (κ1) is 28.1. The van der Waals surface area contributed by atoms with Gasteiger partial charge in [0, 0.05) is 45.4 Å². The molecule has 0 radical (unpaired) electrons. The number of ketones is 1. The minimum absolute atomic E-state index is 0.0324. The summed E-state index contributed by atoms with van der Waals surface area (Å²) in [6.45, 7) is 2.71. The molecular weight excluding hydrogens is 585 g/mol. The monoisotopic (exact) mass is 615 g/mol. The molecule has 7 rings (SSSR count). The molecule has 3 aromatic carbocycles. The van der Waals surface area contributed by atoms with Crippen LogP contribution in [0.5, 0.6) is 0 Å². The van der Waals surface area contributed by atoms with Gasteiger partial charge in [0.1, 0.15) is 5.54 Å². The standard InChI is InChI=1S/C34H31Cl2N3O4/c1-2-43-32(42)38-19-23(18-21-9-13-24(35)14-10-21)30(40)33(20-38)29(22-11-15-25(36)16-12-22)28-8-5-17-39(28)34(33)26-6-3-4-7-27(26)37-31(34)41/h3-4,6-7,9-16,18,28-29H,2,5,8,17,19-20H2,1H3,(H,37,41)/b23-18+/t28-,29-,33-,34-/m1/s1. The second kappa shape index (κ2) is 10.5. The molecule has 0 unspecified atom stereocenters. The van der Waals surface area contributed by atoms with Gasteiger partial charge in [0.2, 0.25) is 0 Å². The summed E-state index contributed by atoms with van der Waals surface area (Å²) in [5.74, 6) is -0.770. The first-order valence-electron chi connectivity index (χ1n) is 14.7. The Morgan fingerprint density at radius 2 is 1.72 bits per heavy atom. The molecule has 4 atom stereocenters. The Morgan fingerprint density at radius 3 is 2.44 bits per heavy atom. The predicted molar refractivity (Wildman–Crippen MR) is 166 cm³/mol. The van der Waals surface area contributed by atoms with E-state index in [1.54, 1.807) is 24.0 Å². The van der Waals surface area contributed by atoms with E-state index >= 15 is 4.79 Å². The van der Waals surface area contributed by atoms with Crippen molar-refractivity contribution in [3.05, 3.63) is 105 Å². The van der Waals surface area contributed by atoms with Gasteiger partial charge in [-0.1, -0.05) is 65.7 Å². The Hall–Kier alpha value is -3.65. The second-order valence-corrected chi connectivity index (χ2v) is 12.6. The number of nitrogens with zero attached hydrogens (tertiary/aromatic N) is 2. The number of halogens is 2. The molecule has 2 amide bonds. The van der Waals surface area contributed by atoms with Crippen LogP contribution in [-0.4, -0.2) is 59.9 Å². The lowest BCUT2D eigenvalue weighted by Crippen LogP contribution is -2.66. The normalized spacial score (nSPS) is 28.9. The lowest BCUT2D eigenvalue weighted by Gasteiger charge is -2.51. The smallest absolute Gasteiger partial charge is 0.410 e. The average Bonchev–Trinajstić information content (AvgIpc) is 3.65. The molecule has 43 heavy (non-hydrogen) atoms. The maximum absolute atomic E-state index is 15.4. The molecule has 0 bridgehead atoms. The maximum atomic E-state index is 15.4. The number of benzene rings is 3. The van der Waals surface area contributed by atoms with Crippen LogP contribution >= 0.6 is 23.2 Å². The Morgan fingerprint density at radius 1 is 1.02 bits per heavy atom. The van der Waals surface area contributed by atoms with Crippen LogP contribution in [0.3, 0.4) is 0 Å². The zero-order chi connectivity index (χ0) is 29.9. The lowest BCUT2D eigenvalue weighted by molar-refractivity contribution is -0.147.